The molecule has 0 aliphatic carbocycles. The van der Waals surface area contributed by atoms with Gasteiger partial charge in [-0.1, -0.05) is 12.1 Å². The number of aliphatic hydroxyl groups excluding tert-OH is 1. The minimum atomic E-state index is -3.94. The quantitative estimate of drug-likeness (QED) is 0.384. The van der Waals surface area contributed by atoms with Crippen LogP contribution in [0.15, 0.2) is 27.6 Å². The fraction of sp³-hybridized carbons (Fsp3) is 0.645. The highest BCUT2D eigenvalue weighted by Gasteiger charge is 2.34. The molecular formula is C31H49N5O8S. The number of carbonyl (C=O) groups is 2. The van der Waals surface area contributed by atoms with Crippen molar-refractivity contribution in [3.8, 4) is 5.75 Å². The molecule has 3 amide bonds. The first-order valence-electron chi connectivity index (χ1n) is 15.5. The highest BCUT2D eigenvalue weighted by Crippen LogP contribution is 2.29. The molecule has 45 heavy (non-hydrogen) atoms. The number of nitrogens with zero attached hydrogens (tertiary/aromatic N) is 3. The number of amides is 3. The molecule has 1 aliphatic heterocycles. The number of benzene rings is 1. The molecule has 13 nitrogen and oxygen atoms in total. The summed E-state index contributed by atoms with van der Waals surface area (Å²) in [7, 11) is -2.45. The van der Waals surface area contributed by atoms with Gasteiger partial charge < -0.3 is 34.6 Å². The van der Waals surface area contributed by atoms with E-state index in [9.17, 15) is 23.1 Å². The van der Waals surface area contributed by atoms with Gasteiger partial charge in [0, 0.05) is 44.4 Å². The Bertz CT molecular complexity index is 1390. The second-order valence-corrected chi connectivity index (χ2v) is 14.2. The number of hydrogen-bond donors (Lipinski definition) is 3. The van der Waals surface area contributed by atoms with E-state index < -0.39 is 34.1 Å². The van der Waals surface area contributed by atoms with Crippen LogP contribution in [-0.4, -0.2) is 97.5 Å². The van der Waals surface area contributed by atoms with Crippen LogP contribution in [0.25, 0.3) is 0 Å². The van der Waals surface area contributed by atoms with Crippen LogP contribution in [0, 0.1) is 19.8 Å². The average Bonchev–Trinajstić information content (AvgIpc) is 3.31. The first-order chi connectivity index (χ1) is 21.1. The number of hydrogen-bond acceptors (Lipinski definition) is 9. The Hall–Kier alpha value is -3.20. The fourth-order valence-electron chi connectivity index (χ4n) is 5.24. The number of anilines is 1. The zero-order valence-corrected chi connectivity index (χ0v) is 28.4. The number of rotatable bonds is 8. The highest BCUT2D eigenvalue weighted by molar-refractivity contribution is 7.89. The van der Waals surface area contributed by atoms with Gasteiger partial charge in [-0.25, -0.2) is 13.2 Å². The van der Waals surface area contributed by atoms with Gasteiger partial charge in [0.1, 0.15) is 16.3 Å². The van der Waals surface area contributed by atoms with Crippen molar-refractivity contribution in [2.75, 3.05) is 38.7 Å². The lowest BCUT2D eigenvalue weighted by atomic mass is 10.0. The molecule has 0 saturated heterocycles. The van der Waals surface area contributed by atoms with Crippen molar-refractivity contribution in [1.82, 2.24) is 19.7 Å². The third-order valence-corrected chi connectivity index (χ3v) is 9.87. The summed E-state index contributed by atoms with van der Waals surface area (Å²) in [6.45, 7) is 12.7. The predicted molar refractivity (Wildman–Crippen MR) is 170 cm³/mol. The number of nitrogens with one attached hydrogen (secondary N) is 2. The summed E-state index contributed by atoms with van der Waals surface area (Å²) in [4.78, 5) is 28.2. The first-order valence-corrected chi connectivity index (χ1v) is 16.9. The van der Waals surface area contributed by atoms with Crippen LogP contribution in [0.1, 0.15) is 75.7 Å². The van der Waals surface area contributed by atoms with E-state index in [1.165, 1.54) is 11.4 Å². The van der Waals surface area contributed by atoms with E-state index >= 15 is 0 Å². The standard InChI is InChI=1S/C31H49N5O8S/c1-19(2)32-31(39)33-25-12-13-27-26(15-25)30(38)36(21(4)18-37)16-20(3)28(42-14-10-9-11-22(5)43-27)17-35(8)45(40,41)29-23(6)34-44-24(29)7/h12-13,15,19-22,28,37H,9-11,14,16-18H2,1-8H3,(H2,32,33,39)/t20-,21-,22+,28-/m1/s1. The van der Waals surface area contributed by atoms with E-state index in [0.29, 0.717) is 24.5 Å². The second-order valence-electron chi connectivity index (χ2n) is 12.2. The number of aromatic nitrogens is 1. The molecule has 0 saturated carbocycles. The summed E-state index contributed by atoms with van der Waals surface area (Å²) in [6, 6.07) is 3.87. The Morgan fingerprint density at radius 1 is 1.20 bits per heavy atom. The molecular weight excluding hydrogens is 602 g/mol. The largest absolute Gasteiger partial charge is 0.490 e. The first kappa shape index (κ1) is 36.3. The van der Waals surface area contributed by atoms with E-state index in [2.05, 4.69) is 15.8 Å². The van der Waals surface area contributed by atoms with Gasteiger partial charge >= 0.3 is 6.03 Å². The van der Waals surface area contributed by atoms with Crippen molar-refractivity contribution < 1.29 is 37.1 Å². The molecule has 0 radical (unpaired) electrons. The van der Waals surface area contributed by atoms with Crippen molar-refractivity contribution in [3.05, 3.63) is 35.2 Å². The molecule has 0 unspecified atom stereocenters. The van der Waals surface area contributed by atoms with Crippen molar-refractivity contribution in [2.24, 2.45) is 5.92 Å². The van der Waals surface area contributed by atoms with Crippen molar-refractivity contribution in [2.45, 2.75) is 96.9 Å². The molecule has 252 valence electrons. The number of aliphatic hydroxyl groups is 1. The topological polar surface area (TPSA) is 164 Å². The minimum Gasteiger partial charge on any atom is -0.490 e. The van der Waals surface area contributed by atoms with E-state index in [4.69, 9.17) is 14.0 Å². The summed E-state index contributed by atoms with van der Waals surface area (Å²) < 4.78 is 45.9. The maximum atomic E-state index is 14.2. The molecule has 1 aromatic carbocycles. The number of carbonyl (C=O) groups excluding carboxylic acids is 2. The highest BCUT2D eigenvalue weighted by atomic mass is 32.2. The number of fused-ring (bicyclic) bond motifs is 1. The fourth-order valence-corrected chi connectivity index (χ4v) is 6.71. The second kappa shape index (κ2) is 15.9. The van der Waals surface area contributed by atoms with Crippen LogP contribution in [0.2, 0.25) is 0 Å². The van der Waals surface area contributed by atoms with Gasteiger partial charge in [-0.05, 0) is 79.0 Å². The smallest absolute Gasteiger partial charge is 0.319 e. The van der Waals surface area contributed by atoms with Crippen LogP contribution >= 0.6 is 0 Å². The predicted octanol–water partition coefficient (Wildman–Crippen LogP) is 3.94. The third-order valence-electron chi connectivity index (χ3n) is 7.80. The lowest BCUT2D eigenvalue weighted by Gasteiger charge is -2.35. The van der Waals surface area contributed by atoms with Crippen LogP contribution in [0.5, 0.6) is 5.75 Å². The molecule has 4 atom stereocenters. The Kier molecular flexibility index (Phi) is 12.8. The molecule has 0 spiro atoms. The monoisotopic (exact) mass is 651 g/mol. The van der Waals surface area contributed by atoms with Gasteiger partial charge in [-0.2, -0.15) is 4.31 Å². The zero-order chi connectivity index (χ0) is 33.5. The normalized spacial score (nSPS) is 21.2. The molecule has 0 bridgehead atoms. The Morgan fingerprint density at radius 2 is 1.91 bits per heavy atom. The van der Waals surface area contributed by atoms with Crippen molar-refractivity contribution in [3.63, 3.8) is 0 Å². The summed E-state index contributed by atoms with van der Waals surface area (Å²) in [6.07, 6.45) is 1.43. The van der Waals surface area contributed by atoms with Gasteiger partial charge in [0.2, 0.25) is 10.0 Å². The van der Waals surface area contributed by atoms with Gasteiger partial charge in [-0.3, -0.25) is 4.79 Å². The van der Waals surface area contributed by atoms with Crippen LogP contribution in [0.3, 0.4) is 0 Å². The van der Waals surface area contributed by atoms with Crippen LogP contribution in [0.4, 0.5) is 10.5 Å². The SMILES string of the molecule is Cc1noc(C)c1S(=O)(=O)N(C)C[C@H]1OCCCC[C@H](C)Oc2ccc(NC(=O)NC(C)C)cc2C(=O)N([C@H](C)CO)C[C@H]1C. The number of urea groups is 1. The lowest BCUT2D eigenvalue weighted by Crippen LogP contribution is -2.48. The minimum absolute atomic E-state index is 0.0260. The number of likely N-dealkylation sites (N-methyl/N-ethyl adjacent to an activating group) is 1. The van der Waals surface area contributed by atoms with Gasteiger partial charge in [0.05, 0.1) is 30.4 Å². The van der Waals surface area contributed by atoms with Gasteiger partial charge in [-0.15, -0.1) is 0 Å². The molecule has 2 heterocycles. The average molecular weight is 652 g/mol. The van der Waals surface area contributed by atoms with Crippen molar-refractivity contribution in [1.29, 1.82) is 0 Å². The molecule has 1 aromatic heterocycles. The summed E-state index contributed by atoms with van der Waals surface area (Å²) in [5.41, 5.74) is 0.928. The summed E-state index contributed by atoms with van der Waals surface area (Å²) >= 11 is 0. The molecule has 1 aliphatic rings. The van der Waals surface area contributed by atoms with Gasteiger partial charge in [0.25, 0.3) is 5.91 Å². The molecule has 3 rings (SSSR count). The van der Waals surface area contributed by atoms with Gasteiger partial charge in [0.15, 0.2) is 5.76 Å². The Morgan fingerprint density at radius 3 is 2.53 bits per heavy atom. The number of sulfonamides is 1. The molecule has 14 heteroatoms. The molecule has 0 fully saturated rings. The Labute approximate surface area is 266 Å². The van der Waals surface area contributed by atoms with E-state index in [1.807, 2.05) is 27.7 Å². The van der Waals surface area contributed by atoms with E-state index in [1.54, 1.807) is 43.9 Å². The summed E-state index contributed by atoms with van der Waals surface area (Å²) in [5.74, 6) is -0.153. The zero-order valence-electron chi connectivity index (χ0n) is 27.6. The van der Waals surface area contributed by atoms with Crippen LogP contribution < -0.4 is 15.4 Å². The van der Waals surface area contributed by atoms with Crippen LogP contribution in [-0.2, 0) is 14.8 Å². The van der Waals surface area contributed by atoms with E-state index in [0.717, 1.165) is 12.8 Å². The third kappa shape index (κ3) is 9.41. The maximum absolute atomic E-state index is 14.2. The lowest BCUT2D eigenvalue weighted by molar-refractivity contribution is -0.00835. The van der Waals surface area contributed by atoms with E-state index in [-0.39, 0.29) is 59.7 Å². The van der Waals surface area contributed by atoms with Crippen molar-refractivity contribution >= 4 is 27.6 Å². The maximum Gasteiger partial charge on any atom is 0.319 e. The summed E-state index contributed by atoms with van der Waals surface area (Å²) in [5, 5.41) is 19.5. The number of ether oxygens (including phenoxy) is 2. The number of aryl methyl sites for hydroxylation is 2. The Balaban J connectivity index is 1.97. The molecule has 3 N–H and O–H groups in total. The molecule has 2 aromatic rings.